The summed E-state index contributed by atoms with van der Waals surface area (Å²) in [6, 6.07) is 2.91. The first-order valence-corrected chi connectivity index (χ1v) is 6.04. The average Bonchev–Trinajstić information content (AvgIpc) is 2.88. The summed E-state index contributed by atoms with van der Waals surface area (Å²) < 4.78 is 18.6. The van der Waals surface area contributed by atoms with Crippen molar-refractivity contribution in [1.82, 2.24) is 15.5 Å². The molecule has 0 aliphatic rings. The summed E-state index contributed by atoms with van der Waals surface area (Å²) in [5, 5.41) is 21.6. The van der Waals surface area contributed by atoms with E-state index in [2.05, 4.69) is 15.5 Å². The SMILES string of the molecule is CCNC(C)c1nnc(-c2cc(F)ccc2[N+](=O)[O-])o1. The van der Waals surface area contributed by atoms with Crippen LogP contribution in [0.1, 0.15) is 25.8 Å². The van der Waals surface area contributed by atoms with Crippen LogP contribution in [0.15, 0.2) is 22.6 Å². The van der Waals surface area contributed by atoms with Crippen LogP contribution in [0.2, 0.25) is 0 Å². The van der Waals surface area contributed by atoms with Gasteiger partial charge in [0.25, 0.3) is 11.6 Å². The van der Waals surface area contributed by atoms with Crippen LogP contribution in [0.5, 0.6) is 0 Å². The Hall–Kier alpha value is -2.35. The van der Waals surface area contributed by atoms with Crippen molar-refractivity contribution in [3.05, 3.63) is 40.0 Å². The van der Waals surface area contributed by atoms with Crippen molar-refractivity contribution in [2.24, 2.45) is 0 Å². The second-order valence-corrected chi connectivity index (χ2v) is 4.14. The second kappa shape index (κ2) is 5.74. The van der Waals surface area contributed by atoms with E-state index in [0.29, 0.717) is 12.4 Å². The van der Waals surface area contributed by atoms with Crippen molar-refractivity contribution < 1.29 is 13.7 Å². The Morgan fingerprint density at radius 1 is 1.50 bits per heavy atom. The van der Waals surface area contributed by atoms with Crippen LogP contribution in [0.25, 0.3) is 11.5 Å². The predicted octanol–water partition coefficient (Wildman–Crippen LogP) is 2.45. The Bertz CT molecular complexity index is 629. The minimum absolute atomic E-state index is 0.0301. The highest BCUT2D eigenvalue weighted by Gasteiger charge is 2.22. The zero-order chi connectivity index (χ0) is 14.7. The summed E-state index contributed by atoms with van der Waals surface area (Å²) in [7, 11) is 0. The number of aromatic nitrogens is 2. The standard InChI is InChI=1S/C12H13FN4O3/c1-3-14-7(2)11-15-16-12(20-11)9-6-8(13)4-5-10(9)17(18)19/h4-7,14H,3H2,1-2H3. The maximum atomic E-state index is 13.3. The number of benzene rings is 1. The third-order valence-corrected chi connectivity index (χ3v) is 2.71. The average molecular weight is 280 g/mol. The fraction of sp³-hybridized carbons (Fsp3) is 0.333. The van der Waals surface area contributed by atoms with E-state index in [9.17, 15) is 14.5 Å². The maximum absolute atomic E-state index is 13.3. The highest BCUT2D eigenvalue weighted by atomic mass is 19.1. The van der Waals surface area contributed by atoms with Crippen molar-refractivity contribution in [3.63, 3.8) is 0 Å². The van der Waals surface area contributed by atoms with Gasteiger partial charge in [0.05, 0.1) is 11.0 Å². The predicted molar refractivity (Wildman–Crippen MR) is 68.4 cm³/mol. The number of nitro groups is 1. The lowest BCUT2D eigenvalue weighted by Crippen LogP contribution is -2.17. The second-order valence-electron chi connectivity index (χ2n) is 4.14. The lowest BCUT2D eigenvalue weighted by molar-refractivity contribution is -0.384. The molecule has 2 rings (SSSR count). The summed E-state index contributed by atoms with van der Waals surface area (Å²) in [6.45, 7) is 4.45. The van der Waals surface area contributed by atoms with Gasteiger partial charge < -0.3 is 9.73 Å². The first kappa shape index (κ1) is 14.1. The number of nitrogens with one attached hydrogen (secondary N) is 1. The van der Waals surface area contributed by atoms with Crippen LogP contribution in [0.4, 0.5) is 10.1 Å². The van der Waals surface area contributed by atoms with Gasteiger partial charge in [-0.3, -0.25) is 10.1 Å². The van der Waals surface area contributed by atoms with Crippen LogP contribution in [0, 0.1) is 15.9 Å². The monoisotopic (exact) mass is 280 g/mol. The number of halogens is 1. The molecule has 1 N–H and O–H groups in total. The molecule has 106 valence electrons. The normalized spacial score (nSPS) is 12.3. The van der Waals surface area contributed by atoms with E-state index in [1.807, 2.05) is 13.8 Å². The van der Waals surface area contributed by atoms with Crippen LogP contribution in [-0.4, -0.2) is 21.7 Å². The van der Waals surface area contributed by atoms with Gasteiger partial charge in [-0.2, -0.15) is 0 Å². The van der Waals surface area contributed by atoms with Gasteiger partial charge in [0, 0.05) is 6.07 Å². The Morgan fingerprint density at radius 2 is 2.25 bits per heavy atom. The van der Waals surface area contributed by atoms with E-state index < -0.39 is 10.7 Å². The number of rotatable bonds is 5. The Kier molecular flexibility index (Phi) is 4.04. The number of hydrogen-bond donors (Lipinski definition) is 1. The molecule has 1 aromatic carbocycles. The van der Waals surface area contributed by atoms with Gasteiger partial charge in [0.1, 0.15) is 11.4 Å². The van der Waals surface area contributed by atoms with E-state index in [-0.39, 0.29) is 23.2 Å². The van der Waals surface area contributed by atoms with E-state index >= 15 is 0 Å². The summed E-state index contributed by atoms with van der Waals surface area (Å²) in [5.41, 5.74) is -0.310. The van der Waals surface area contributed by atoms with Gasteiger partial charge in [-0.25, -0.2) is 4.39 Å². The molecule has 0 saturated heterocycles. The molecular weight excluding hydrogens is 267 g/mol. The smallest absolute Gasteiger partial charge is 0.282 e. The molecule has 0 radical (unpaired) electrons. The third-order valence-electron chi connectivity index (χ3n) is 2.71. The van der Waals surface area contributed by atoms with Gasteiger partial charge in [-0.15, -0.1) is 10.2 Å². The molecule has 0 bridgehead atoms. The van der Waals surface area contributed by atoms with Crippen molar-refractivity contribution >= 4 is 5.69 Å². The lowest BCUT2D eigenvalue weighted by atomic mass is 10.2. The fourth-order valence-electron chi connectivity index (χ4n) is 1.75. The van der Waals surface area contributed by atoms with Crippen LogP contribution >= 0.6 is 0 Å². The molecule has 20 heavy (non-hydrogen) atoms. The summed E-state index contributed by atoms with van der Waals surface area (Å²) in [5.74, 6) is -0.388. The van der Waals surface area contributed by atoms with Crippen LogP contribution in [-0.2, 0) is 0 Å². The minimum Gasteiger partial charge on any atom is -0.419 e. The van der Waals surface area contributed by atoms with Crippen LogP contribution < -0.4 is 5.32 Å². The highest BCUT2D eigenvalue weighted by molar-refractivity contribution is 5.66. The molecule has 0 aliphatic carbocycles. The van der Waals surface area contributed by atoms with Crippen molar-refractivity contribution in [3.8, 4) is 11.5 Å². The largest absolute Gasteiger partial charge is 0.419 e. The van der Waals surface area contributed by atoms with Gasteiger partial charge in [0.15, 0.2) is 0 Å². The molecule has 0 amide bonds. The van der Waals surface area contributed by atoms with E-state index in [0.717, 1.165) is 18.2 Å². The fourth-order valence-corrected chi connectivity index (χ4v) is 1.75. The Morgan fingerprint density at radius 3 is 2.90 bits per heavy atom. The molecule has 2 aromatic rings. The molecule has 0 saturated carbocycles. The molecule has 1 aromatic heterocycles. The first-order valence-electron chi connectivity index (χ1n) is 6.04. The summed E-state index contributed by atoms with van der Waals surface area (Å²) >= 11 is 0. The minimum atomic E-state index is -0.619. The van der Waals surface area contributed by atoms with Gasteiger partial charge in [0.2, 0.25) is 5.89 Å². The first-order chi connectivity index (χ1) is 9.52. The number of hydrogen-bond acceptors (Lipinski definition) is 6. The molecule has 1 unspecified atom stereocenters. The van der Waals surface area contributed by atoms with Crippen molar-refractivity contribution in [2.75, 3.05) is 6.54 Å². The maximum Gasteiger partial charge on any atom is 0.282 e. The van der Waals surface area contributed by atoms with Crippen LogP contribution in [0.3, 0.4) is 0 Å². The van der Waals surface area contributed by atoms with Crippen molar-refractivity contribution in [2.45, 2.75) is 19.9 Å². The lowest BCUT2D eigenvalue weighted by Gasteiger charge is -2.05. The van der Waals surface area contributed by atoms with Gasteiger partial charge >= 0.3 is 0 Å². The van der Waals surface area contributed by atoms with Gasteiger partial charge in [-0.1, -0.05) is 6.92 Å². The van der Waals surface area contributed by atoms with E-state index in [1.165, 1.54) is 0 Å². The van der Waals surface area contributed by atoms with Gasteiger partial charge in [-0.05, 0) is 25.6 Å². The third kappa shape index (κ3) is 2.80. The Labute approximate surface area is 114 Å². The summed E-state index contributed by atoms with van der Waals surface area (Å²) in [4.78, 5) is 10.3. The molecule has 1 heterocycles. The van der Waals surface area contributed by atoms with Crippen molar-refractivity contribution in [1.29, 1.82) is 0 Å². The molecule has 8 heteroatoms. The zero-order valence-electron chi connectivity index (χ0n) is 11.0. The Balaban J connectivity index is 2.41. The molecule has 7 nitrogen and oxygen atoms in total. The topological polar surface area (TPSA) is 94.1 Å². The number of nitrogens with zero attached hydrogens (tertiary/aromatic N) is 3. The zero-order valence-corrected chi connectivity index (χ0v) is 11.0. The molecule has 0 spiro atoms. The molecule has 1 atom stereocenters. The number of nitro benzene ring substituents is 1. The molecular formula is C12H13FN4O3. The van der Waals surface area contributed by atoms with E-state index in [1.54, 1.807) is 0 Å². The summed E-state index contributed by atoms with van der Waals surface area (Å²) in [6.07, 6.45) is 0. The molecule has 0 fully saturated rings. The van der Waals surface area contributed by atoms with E-state index in [4.69, 9.17) is 4.42 Å². The highest BCUT2D eigenvalue weighted by Crippen LogP contribution is 2.30. The quantitative estimate of drug-likeness (QED) is 0.667. The molecule has 0 aliphatic heterocycles.